The molecule has 0 aliphatic heterocycles. The highest BCUT2D eigenvalue weighted by atomic mass is 16.5. The molecular weight excluding hydrogens is 218 g/mol. The number of aliphatic hydroxyl groups excluding tert-OH is 1. The first-order valence-electron chi connectivity index (χ1n) is 5.73. The first kappa shape index (κ1) is 13.7. The average Bonchev–Trinajstić information content (AvgIpc) is 2.34. The molecule has 0 radical (unpaired) electrons. The third-order valence-electron chi connectivity index (χ3n) is 2.20. The van der Waals surface area contributed by atoms with E-state index in [2.05, 4.69) is 5.32 Å². The van der Waals surface area contributed by atoms with Gasteiger partial charge in [0.25, 0.3) is 5.91 Å². The topological polar surface area (TPSA) is 58.6 Å². The van der Waals surface area contributed by atoms with Crippen molar-refractivity contribution < 1.29 is 14.6 Å². The molecule has 0 aromatic heterocycles. The summed E-state index contributed by atoms with van der Waals surface area (Å²) in [5, 5.41) is 11.2. The minimum absolute atomic E-state index is 0.0496. The zero-order chi connectivity index (χ0) is 12.7. The predicted molar refractivity (Wildman–Crippen MR) is 65.8 cm³/mol. The number of nitrogens with one attached hydrogen (secondary N) is 1. The van der Waals surface area contributed by atoms with E-state index in [1.807, 2.05) is 26.0 Å². The van der Waals surface area contributed by atoms with Crippen molar-refractivity contribution in [1.29, 1.82) is 0 Å². The number of amides is 1. The Bertz CT molecular complexity index is 346. The molecule has 94 valence electrons. The van der Waals surface area contributed by atoms with E-state index in [-0.39, 0.29) is 25.2 Å². The summed E-state index contributed by atoms with van der Waals surface area (Å²) in [7, 11) is 0. The van der Waals surface area contributed by atoms with E-state index in [1.54, 1.807) is 12.1 Å². The van der Waals surface area contributed by atoms with Crippen LogP contribution in [0.4, 0.5) is 0 Å². The summed E-state index contributed by atoms with van der Waals surface area (Å²) in [6.07, 6.45) is 0.197. The number of carbonyl (C=O) groups is 1. The smallest absolute Gasteiger partial charge is 0.251 e. The molecule has 0 aliphatic carbocycles. The highest BCUT2D eigenvalue weighted by molar-refractivity contribution is 5.94. The number of hydrogen-bond acceptors (Lipinski definition) is 3. The number of benzene rings is 1. The molecule has 0 aliphatic rings. The van der Waals surface area contributed by atoms with Gasteiger partial charge in [0, 0.05) is 12.1 Å². The summed E-state index contributed by atoms with van der Waals surface area (Å²) in [5.41, 5.74) is 1.63. The number of aliphatic hydroxyl groups is 1. The lowest BCUT2D eigenvalue weighted by Gasteiger charge is -2.08. The van der Waals surface area contributed by atoms with Gasteiger partial charge in [-0.3, -0.25) is 4.79 Å². The lowest BCUT2D eigenvalue weighted by Crippen LogP contribution is -2.26. The maximum absolute atomic E-state index is 11.5. The summed E-state index contributed by atoms with van der Waals surface area (Å²) in [4.78, 5) is 11.5. The van der Waals surface area contributed by atoms with Crippen LogP contribution in [0.25, 0.3) is 0 Å². The van der Waals surface area contributed by atoms with E-state index in [1.165, 1.54) is 0 Å². The van der Waals surface area contributed by atoms with Crippen LogP contribution in [0.1, 0.15) is 29.8 Å². The van der Waals surface area contributed by atoms with E-state index in [0.717, 1.165) is 5.56 Å². The van der Waals surface area contributed by atoms with Crippen molar-refractivity contribution in [2.45, 2.75) is 26.6 Å². The van der Waals surface area contributed by atoms with Crippen molar-refractivity contribution in [3.05, 3.63) is 35.4 Å². The average molecular weight is 237 g/mol. The fourth-order valence-corrected chi connectivity index (χ4v) is 1.29. The molecular formula is C13H19NO3. The number of rotatable bonds is 6. The molecule has 0 spiro atoms. The molecule has 1 aromatic carbocycles. The monoisotopic (exact) mass is 237 g/mol. The Hall–Kier alpha value is -1.39. The van der Waals surface area contributed by atoms with Gasteiger partial charge in [0.1, 0.15) is 0 Å². The number of hydrogen-bond donors (Lipinski definition) is 2. The zero-order valence-corrected chi connectivity index (χ0v) is 10.3. The Morgan fingerprint density at radius 1 is 1.35 bits per heavy atom. The normalized spacial score (nSPS) is 10.6. The molecule has 0 bridgehead atoms. The molecule has 0 atom stereocenters. The first-order valence-corrected chi connectivity index (χ1v) is 5.73. The van der Waals surface area contributed by atoms with Crippen molar-refractivity contribution in [3.63, 3.8) is 0 Å². The standard InChI is InChI=1S/C13H19NO3/c1-10(2)17-9-11-3-5-12(6-4-11)13(16)14-7-8-15/h3-6,10,15H,7-9H2,1-2H3,(H,14,16). The maximum atomic E-state index is 11.5. The Balaban J connectivity index is 2.52. The summed E-state index contributed by atoms with van der Waals surface area (Å²) >= 11 is 0. The van der Waals surface area contributed by atoms with Crippen LogP contribution in [0, 0.1) is 0 Å². The van der Waals surface area contributed by atoms with Crippen LogP contribution < -0.4 is 5.32 Å². The Kier molecular flexibility index (Phi) is 5.66. The second kappa shape index (κ2) is 7.04. The van der Waals surface area contributed by atoms with E-state index >= 15 is 0 Å². The van der Waals surface area contributed by atoms with Crippen LogP contribution in [0.2, 0.25) is 0 Å². The highest BCUT2D eigenvalue weighted by Crippen LogP contribution is 2.07. The van der Waals surface area contributed by atoms with Gasteiger partial charge in [0.15, 0.2) is 0 Å². The largest absolute Gasteiger partial charge is 0.395 e. The molecule has 4 heteroatoms. The number of carbonyl (C=O) groups excluding carboxylic acids is 1. The van der Waals surface area contributed by atoms with E-state index in [4.69, 9.17) is 9.84 Å². The van der Waals surface area contributed by atoms with E-state index in [9.17, 15) is 4.79 Å². The molecule has 1 rings (SSSR count). The van der Waals surface area contributed by atoms with Crippen molar-refractivity contribution in [1.82, 2.24) is 5.32 Å². The van der Waals surface area contributed by atoms with E-state index < -0.39 is 0 Å². The van der Waals surface area contributed by atoms with Crippen LogP contribution in [-0.2, 0) is 11.3 Å². The van der Waals surface area contributed by atoms with Gasteiger partial charge in [-0.05, 0) is 31.5 Å². The van der Waals surface area contributed by atoms with Gasteiger partial charge < -0.3 is 15.2 Å². The molecule has 0 unspecified atom stereocenters. The molecule has 17 heavy (non-hydrogen) atoms. The van der Waals surface area contributed by atoms with Gasteiger partial charge in [-0.1, -0.05) is 12.1 Å². The lowest BCUT2D eigenvalue weighted by atomic mass is 10.1. The fourth-order valence-electron chi connectivity index (χ4n) is 1.29. The zero-order valence-electron chi connectivity index (χ0n) is 10.3. The van der Waals surface area contributed by atoms with Gasteiger partial charge in [0.05, 0.1) is 19.3 Å². The SMILES string of the molecule is CC(C)OCc1ccc(C(=O)NCCO)cc1. The van der Waals surface area contributed by atoms with Crippen LogP contribution in [0.3, 0.4) is 0 Å². The van der Waals surface area contributed by atoms with Gasteiger partial charge in [-0.15, -0.1) is 0 Å². The van der Waals surface area contributed by atoms with Crippen LogP contribution in [0.15, 0.2) is 24.3 Å². The maximum Gasteiger partial charge on any atom is 0.251 e. The Labute approximate surface area is 102 Å². The van der Waals surface area contributed by atoms with Crippen LogP contribution >= 0.6 is 0 Å². The second-order valence-electron chi connectivity index (χ2n) is 4.04. The van der Waals surface area contributed by atoms with Gasteiger partial charge in [-0.2, -0.15) is 0 Å². The minimum Gasteiger partial charge on any atom is -0.395 e. The summed E-state index contributed by atoms with van der Waals surface area (Å²) in [5.74, 6) is -0.171. The van der Waals surface area contributed by atoms with Gasteiger partial charge >= 0.3 is 0 Å². The van der Waals surface area contributed by atoms with E-state index in [0.29, 0.717) is 12.2 Å². The molecule has 2 N–H and O–H groups in total. The summed E-state index contributed by atoms with van der Waals surface area (Å²) < 4.78 is 5.46. The van der Waals surface area contributed by atoms with Crippen LogP contribution in [0.5, 0.6) is 0 Å². The second-order valence-corrected chi connectivity index (χ2v) is 4.04. The van der Waals surface area contributed by atoms with Crippen molar-refractivity contribution in [3.8, 4) is 0 Å². The van der Waals surface area contributed by atoms with Crippen molar-refractivity contribution in [2.75, 3.05) is 13.2 Å². The summed E-state index contributed by atoms with van der Waals surface area (Å²) in [6, 6.07) is 7.25. The fraction of sp³-hybridized carbons (Fsp3) is 0.462. The lowest BCUT2D eigenvalue weighted by molar-refractivity contribution is 0.0657. The molecule has 0 heterocycles. The van der Waals surface area contributed by atoms with Gasteiger partial charge in [0.2, 0.25) is 0 Å². The number of ether oxygens (including phenoxy) is 1. The van der Waals surface area contributed by atoms with Crippen LogP contribution in [-0.4, -0.2) is 30.3 Å². The molecule has 0 saturated carbocycles. The minimum atomic E-state index is -0.171. The Morgan fingerprint density at radius 3 is 2.53 bits per heavy atom. The molecule has 0 fully saturated rings. The third-order valence-corrected chi connectivity index (χ3v) is 2.20. The molecule has 0 saturated heterocycles. The quantitative estimate of drug-likeness (QED) is 0.784. The third kappa shape index (κ3) is 4.97. The molecule has 1 amide bonds. The summed E-state index contributed by atoms with van der Waals surface area (Å²) in [6.45, 7) is 4.74. The Morgan fingerprint density at radius 2 is 2.00 bits per heavy atom. The highest BCUT2D eigenvalue weighted by Gasteiger charge is 2.04. The predicted octanol–water partition coefficient (Wildman–Crippen LogP) is 1.33. The molecule has 1 aromatic rings. The van der Waals surface area contributed by atoms with Crippen molar-refractivity contribution in [2.24, 2.45) is 0 Å². The van der Waals surface area contributed by atoms with Crippen molar-refractivity contribution >= 4 is 5.91 Å². The first-order chi connectivity index (χ1) is 8.13. The molecule has 4 nitrogen and oxygen atoms in total. The van der Waals surface area contributed by atoms with Gasteiger partial charge in [-0.25, -0.2) is 0 Å².